The van der Waals surface area contributed by atoms with Crippen LogP contribution in [0.25, 0.3) is 0 Å². The van der Waals surface area contributed by atoms with E-state index >= 15 is 0 Å². The van der Waals surface area contributed by atoms with Gasteiger partial charge >= 0.3 is 0 Å². The molecule has 1 amide bonds. The molecule has 0 radical (unpaired) electrons. The van der Waals surface area contributed by atoms with E-state index in [1.165, 1.54) is 16.8 Å². The van der Waals surface area contributed by atoms with Gasteiger partial charge in [0.1, 0.15) is 10.6 Å². The molecule has 1 fully saturated rings. The number of aryl methyl sites for hydroxylation is 1. The fraction of sp³-hybridized carbons (Fsp3) is 0.615. The number of nitrogens with two attached hydrogens (primary N) is 1. The molecule has 1 aliphatic heterocycles. The summed E-state index contributed by atoms with van der Waals surface area (Å²) in [6.07, 6.45) is 3.12. The molecule has 3 N–H and O–H groups in total. The van der Waals surface area contributed by atoms with E-state index in [0.29, 0.717) is 19.8 Å². The molecule has 0 atom stereocenters. The summed E-state index contributed by atoms with van der Waals surface area (Å²) in [7, 11) is -2.19. The van der Waals surface area contributed by atoms with Gasteiger partial charge in [0.05, 0.1) is 0 Å². The SMILES string of the molecule is Cn1cc(S(N)(=O)=O)cc1C(=O)NCC1(C)CCOCC1. The van der Waals surface area contributed by atoms with E-state index in [0.717, 1.165) is 12.8 Å². The first-order chi connectivity index (χ1) is 9.71. The van der Waals surface area contributed by atoms with Crippen LogP contribution in [0.5, 0.6) is 0 Å². The lowest BCUT2D eigenvalue weighted by molar-refractivity contribution is 0.0238. The summed E-state index contributed by atoms with van der Waals surface area (Å²) in [5, 5.41) is 7.93. The van der Waals surface area contributed by atoms with Gasteiger partial charge in [0.15, 0.2) is 0 Å². The predicted molar refractivity (Wildman–Crippen MR) is 77.3 cm³/mol. The highest BCUT2D eigenvalue weighted by Gasteiger charge is 2.28. The number of hydrogen-bond acceptors (Lipinski definition) is 4. The molecular formula is C13H21N3O4S. The van der Waals surface area contributed by atoms with Crippen molar-refractivity contribution >= 4 is 15.9 Å². The van der Waals surface area contributed by atoms with Gasteiger partial charge in [-0.3, -0.25) is 4.79 Å². The van der Waals surface area contributed by atoms with Crippen molar-refractivity contribution in [2.45, 2.75) is 24.7 Å². The number of ether oxygens (including phenoxy) is 1. The average Bonchev–Trinajstić information content (AvgIpc) is 2.79. The maximum absolute atomic E-state index is 12.2. The summed E-state index contributed by atoms with van der Waals surface area (Å²) >= 11 is 0. The molecule has 0 aromatic carbocycles. The Balaban J connectivity index is 2.05. The molecule has 0 spiro atoms. The van der Waals surface area contributed by atoms with Gasteiger partial charge in [-0.1, -0.05) is 6.92 Å². The average molecular weight is 315 g/mol. The maximum atomic E-state index is 12.2. The zero-order valence-corrected chi connectivity index (χ0v) is 13.1. The van der Waals surface area contributed by atoms with Gasteiger partial charge in [-0.05, 0) is 24.3 Å². The van der Waals surface area contributed by atoms with Crippen molar-refractivity contribution < 1.29 is 17.9 Å². The summed E-state index contributed by atoms with van der Waals surface area (Å²) in [4.78, 5) is 12.1. The number of primary sulfonamides is 1. The molecule has 2 heterocycles. The Labute approximate surface area is 124 Å². The summed E-state index contributed by atoms with van der Waals surface area (Å²) < 4.78 is 29.4. The van der Waals surface area contributed by atoms with Gasteiger partial charge in [0.2, 0.25) is 10.0 Å². The normalized spacial score (nSPS) is 18.4. The Morgan fingerprint density at radius 2 is 2.10 bits per heavy atom. The molecule has 0 saturated carbocycles. The van der Waals surface area contributed by atoms with Crippen LogP contribution in [-0.4, -0.2) is 38.7 Å². The zero-order chi connectivity index (χ0) is 15.7. The fourth-order valence-electron chi connectivity index (χ4n) is 2.34. The third-order valence-corrected chi connectivity index (χ3v) is 4.80. The quantitative estimate of drug-likeness (QED) is 0.829. The number of hydrogen-bond donors (Lipinski definition) is 2. The van der Waals surface area contributed by atoms with E-state index in [9.17, 15) is 13.2 Å². The third-order valence-electron chi connectivity index (χ3n) is 3.92. The van der Waals surface area contributed by atoms with Gasteiger partial charge in [-0.25, -0.2) is 13.6 Å². The van der Waals surface area contributed by atoms with Gasteiger partial charge in [0, 0.05) is 33.0 Å². The summed E-state index contributed by atoms with van der Waals surface area (Å²) in [5.74, 6) is -0.305. The summed E-state index contributed by atoms with van der Waals surface area (Å²) in [6, 6.07) is 1.29. The minimum Gasteiger partial charge on any atom is -0.381 e. The van der Waals surface area contributed by atoms with E-state index in [1.54, 1.807) is 7.05 Å². The summed E-state index contributed by atoms with van der Waals surface area (Å²) in [6.45, 7) is 4.04. The standard InChI is InChI=1S/C13H21N3O4S/c1-13(3-5-20-6-4-13)9-15-12(17)11-7-10(8-16(11)2)21(14,18)19/h7-8H,3-6,9H2,1-2H3,(H,15,17)(H2,14,18,19). The van der Waals surface area contributed by atoms with Crippen LogP contribution in [0.2, 0.25) is 0 Å². The molecule has 0 bridgehead atoms. The molecular weight excluding hydrogens is 294 g/mol. The molecule has 1 saturated heterocycles. The first-order valence-electron chi connectivity index (χ1n) is 6.76. The number of nitrogens with one attached hydrogen (secondary N) is 1. The van der Waals surface area contributed by atoms with Crippen LogP contribution in [0.15, 0.2) is 17.2 Å². The molecule has 8 heteroatoms. The topological polar surface area (TPSA) is 103 Å². The molecule has 7 nitrogen and oxygen atoms in total. The minimum atomic E-state index is -3.80. The third kappa shape index (κ3) is 3.84. The Morgan fingerprint density at radius 1 is 1.48 bits per heavy atom. The minimum absolute atomic E-state index is 0.0157. The second kappa shape index (κ2) is 5.78. The van der Waals surface area contributed by atoms with Gasteiger partial charge in [-0.15, -0.1) is 0 Å². The lowest BCUT2D eigenvalue weighted by Crippen LogP contribution is -2.39. The van der Waals surface area contributed by atoms with Crippen LogP contribution in [0.3, 0.4) is 0 Å². The number of carbonyl (C=O) groups is 1. The number of sulfonamides is 1. The van der Waals surface area contributed by atoms with Gasteiger partial charge in [-0.2, -0.15) is 0 Å². The van der Waals surface area contributed by atoms with E-state index < -0.39 is 10.0 Å². The molecule has 1 aliphatic rings. The Bertz CT molecular complexity index is 630. The molecule has 0 unspecified atom stereocenters. The van der Waals surface area contributed by atoms with E-state index in [4.69, 9.17) is 9.88 Å². The van der Waals surface area contributed by atoms with Crippen LogP contribution in [-0.2, 0) is 21.8 Å². The predicted octanol–water partition coefficient (Wildman–Crippen LogP) is 0.219. The molecule has 118 valence electrons. The Hall–Kier alpha value is -1.38. The van der Waals surface area contributed by atoms with Crippen LogP contribution >= 0.6 is 0 Å². The summed E-state index contributed by atoms with van der Waals surface area (Å²) in [5.41, 5.74) is 0.289. The van der Waals surface area contributed by atoms with Crippen molar-refractivity contribution in [2.75, 3.05) is 19.8 Å². The number of carbonyl (C=O) groups excluding carboxylic acids is 1. The van der Waals surface area contributed by atoms with E-state index in [-0.39, 0.29) is 21.9 Å². The fourth-order valence-corrected chi connectivity index (χ4v) is 2.92. The van der Waals surface area contributed by atoms with Crippen molar-refractivity contribution in [3.8, 4) is 0 Å². The highest BCUT2D eigenvalue weighted by Crippen LogP contribution is 2.28. The monoisotopic (exact) mass is 315 g/mol. The van der Waals surface area contributed by atoms with Crippen molar-refractivity contribution in [1.29, 1.82) is 0 Å². The van der Waals surface area contributed by atoms with Crippen molar-refractivity contribution in [2.24, 2.45) is 17.6 Å². The second-order valence-electron chi connectivity index (χ2n) is 5.82. The Kier molecular flexibility index (Phi) is 4.40. The zero-order valence-electron chi connectivity index (χ0n) is 12.3. The largest absolute Gasteiger partial charge is 0.381 e. The lowest BCUT2D eigenvalue weighted by atomic mass is 9.82. The molecule has 1 aromatic heterocycles. The maximum Gasteiger partial charge on any atom is 0.267 e. The van der Waals surface area contributed by atoms with Crippen LogP contribution in [0, 0.1) is 5.41 Å². The van der Waals surface area contributed by atoms with Gasteiger partial charge < -0.3 is 14.6 Å². The lowest BCUT2D eigenvalue weighted by Gasteiger charge is -2.33. The van der Waals surface area contributed by atoms with Crippen LogP contribution < -0.4 is 10.5 Å². The highest BCUT2D eigenvalue weighted by atomic mass is 32.2. The smallest absolute Gasteiger partial charge is 0.267 e. The molecule has 1 aromatic rings. The number of aromatic nitrogens is 1. The Morgan fingerprint density at radius 3 is 2.62 bits per heavy atom. The van der Waals surface area contributed by atoms with E-state index in [2.05, 4.69) is 12.2 Å². The van der Waals surface area contributed by atoms with Gasteiger partial charge in [0.25, 0.3) is 5.91 Å². The van der Waals surface area contributed by atoms with Crippen LogP contribution in [0.4, 0.5) is 0 Å². The second-order valence-corrected chi connectivity index (χ2v) is 7.38. The first-order valence-corrected chi connectivity index (χ1v) is 8.31. The molecule has 21 heavy (non-hydrogen) atoms. The molecule has 2 rings (SSSR count). The first kappa shape index (κ1) is 16.0. The highest BCUT2D eigenvalue weighted by molar-refractivity contribution is 7.89. The number of rotatable bonds is 4. The van der Waals surface area contributed by atoms with Crippen molar-refractivity contribution in [1.82, 2.24) is 9.88 Å². The van der Waals surface area contributed by atoms with Crippen molar-refractivity contribution in [3.05, 3.63) is 18.0 Å². The van der Waals surface area contributed by atoms with E-state index in [1.807, 2.05) is 0 Å². The number of amides is 1. The molecule has 0 aliphatic carbocycles. The van der Waals surface area contributed by atoms with Crippen molar-refractivity contribution in [3.63, 3.8) is 0 Å². The number of nitrogens with zero attached hydrogens (tertiary/aromatic N) is 1. The van der Waals surface area contributed by atoms with Crippen LogP contribution in [0.1, 0.15) is 30.3 Å².